The lowest BCUT2D eigenvalue weighted by Crippen LogP contribution is -2.51. The van der Waals surface area contributed by atoms with E-state index in [4.69, 9.17) is 15.5 Å². The molecule has 1 saturated heterocycles. The molecule has 0 amide bonds. The Morgan fingerprint density at radius 1 is 1.27 bits per heavy atom. The Morgan fingerprint density at radius 3 is 2.92 bits per heavy atom. The minimum atomic E-state index is 0.327. The molecular formula is C18H19N7O. The lowest BCUT2D eigenvalue weighted by molar-refractivity contribution is -0.0343. The molecule has 0 saturated carbocycles. The van der Waals surface area contributed by atoms with E-state index in [0.717, 1.165) is 58.7 Å². The number of nitrogens with two attached hydrogens (primary N) is 1. The summed E-state index contributed by atoms with van der Waals surface area (Å²) in [5, 5.41) is 7.96. The van der Waals surface area contributed by atoms with Gasteiger partial charge < -0.3 is 15.5 Å². The van der Waals surface area contributed by atoms with Crippen molar-refractivity contribution in [2.75, 3.05) is 25.9 Å². The number of fused-ring (bicyclic) bond motifs is 3. The monoisotopic (exact) mass is 349 g/mol. The number of nitrogens with zero attached hydrogens (tertiary/aromatic N) is 4. The van der Waals surface area contributed by atoms with Crippen LogP contribution < -0.4 is 5.73 Å². The summed E-state index contributed by atoms with van der Waals surface area (Å²) in [5.74, 6) is 1.36. The zero-order chi connectivity index (χ0) is 17.7. The van der Waals surface area contributed by atoms with Crippen molar-refractivity contribution in [1.29, 1.82) is 0 Å². The van der Waals surface area contributed by atoms with Crippen LogP contribution in [0.1, 0.15) is 5.82 Å². The zero-order valence-corrected chi connectivity index (χ0v) is 14.4. The smallest absolute Gasteiger partial charge is 0.150 e. The first-order valence-electron chi connectivity index (χ1n) is 8.54. The van der Waals surface area contributed by atoms with Crippen molar-refractivity contribution in [3.63, 3.8) is 0 Å². The number of hydrogen-bond donors (Lipinski definition) is 3. The Kier molecular flexibility index (Phi) is 3.41. The van der Waals surface area contributed by atoms with E-state index in [2.05, 4.69) is 25.1 Å². The van der Waals surface area contributed by atoms with Gasteiger partial charge in [0.25, 0.3) is 0 Å². The Bertz CT molecular complexity index is 1080. The van der Waals surface area contributed by atoms with E-state index in [-0.39, 0.29) is 0 Å². The fourth-order valence-corrected chi connectivity index (χ4v) is 3.48. The Labute approximate surface area is 149 Å². The number of benzene rings is 1. The molecule has 3 aromatic heterocycles. The van der Waals surface area contributed by atoms with Crippen molar-refractivity contribution in [2.45, 2.75) is 12.6 Å². The van der Waals surface area contributed by atoms with Crippen molar-refractivity contribution in [2.24, 2.45) is 0 Å². The third kappa shape index (κ3) is 2.42. The molecule has 1 aliphatic rings. The Balaban J connectivity index is 1.54. The molecule has 0 radical (unpaired) electrons. The molecule has 1 fully saturated rings. The molecule has 0 unspecified atom stereocenters. The summed E-state index contributed by atoms with van der Waals surface area (Å²) in [6.07, 6.45) is 2.06. The standard InChI is InChI=1S/C18H19N7O/c1-26-11-7-25(8-11)9-15-22-16-12-3-2-10(13-4-5-20-24-13)6-14(12)21-18(19)17(16)23-15/h2-6,11H,7-9H2,1H3,(H2,19,21)(H,20,24)(H,22,23). The van der Waals surface area contributed by atoms with Crippen molar-refractivity contribution in [1.82, 2.24) is 30.0 Å². The van der Waals surface area contributed by atoms with Gasteiger partial charge in [-0.25, -0.2) is 9.97 Å². The predicted molar refractivity (Wildman–Crippen MR) is 99.5 cm³/mol. The van der Waals surface area contributed by atoms with Gasteiger partial charge in [-0.15, -0.1) is 0 Å². The molecule has 5 rings (SSSR count). The number of aromatic nitrogens is 5. The fourth-order valence-electron chi connectivity index (χ4n) is 3.48. The highest BCUT2D eigenvalue weighted by molar-refractivity contribution is 6.07. The number of likely N-dealkylation sites (tertiary alicyclic amines) is 1. The maximum Gasteiger partial charge on any atom is 0.150 e. The number of pyridine rings is 1. The lowest BCUT2D eigenvalue weighted by atomic mass is 10.1. The number of methoxy groups -OCH3 is 1. The van der Waals surface area contributed by atoms with Gasteiger partial charge in [0.2, 0.25) is 0 Å². The van der Waals surface area contributed by atoms with Crippen molar-refractivity contribution >= 4 is 27.8 Å². The van der Waals surface area contributed by atoms with Gasteiger partial charge in [0.1, 0.15) is 22.7 Å². The first-order chi connectivity index (χ1) is 12.7. The first kappa shape index (κ1) is 15.3. The molecule has 4 aromatic rings. The van der Waals surface area contributed by atoms with Crippen LogP contribution in [0.25, 0.3) is 33.2 Å². The molecule has 8 nitrogen and oxygen atoms in total. The number of H-pyrrole nitrogens is 2. The van der Waals surface area contributed by atoms with E-state index in [1.165, 1.54) is 0 Å². The van der Waals surface area contributed by atoms with Crippen LogP contribution in [-0.2, 0) is 11.3 Å². The third-order valence-corrected chi connectivity index (χ3v) is 4.94. The quantitative estimate of drug-likeness (QED) is 0.519. The summed E-state index contributed by atoms with van der Waals surface area (Å²) >= 11 is 0. The molecule has 132 valence electrons. The molecular weight excluding hydrogens is 330 g/mol. The van der Waals surface area contributed by atoms with Crippen LogP contribution >= 0.6 is 0 Å². The number of rotatable bonds is 4. The average molecular weight is 349 g/mol. The van der Waals surface area contributed by atoms with E-state index in [1.54, 1.807) is 13.3 Å². The topological polar surface area (TPSA) is 109 Å². The molecule has 8 heteroatoms. The van der Waals surface area contributed by atoms with Crippen LogP contribution in [0.2, 0.25) is 0 Å². The molecule has 0 aliphatic carbocycles. The highest BCUT2D eigenvalue weighted by Crippen LogP contribution is 2.29. The van der Waals surface area contributed by atoms with Crippen LogP contribution in [0.5, 0.6) is 0 Å². The maximum absolute atomic E-state index is 6.19. The Morgan fingerprint density at radius 2 is 2.15 bits per heavy atom. The molecule has 4 heterocycles. The molecule has 0 spiro atoms. The molecule has 26 heavy (non-hydrogen) atoms. The minimum absolute atomic E-state index is 0.327. The molecule has 1 aliphatic heterocycles. The highest BCUT2D eigenvalue weighted by Gasteiger charge is 2.27. The number of hydrogen-bond acceptors (Lipinski definition) is 6. The SMILES string of the molecule is COC1CN(Cc2nc3c([nH]2)c(N)nc2cc(-c4ccn[nH]4)ccc23)C1. The Hall–Kier alpha value is -2.97. The van der Waals surface area contributed by atoms with Crippen LogP contribution in [0.3, 0.4) is 0 Å². The van der Waals surface area contributed by atoms with E-state index in [0.29, 0.717) is 11.9 Å². The number of ether oxygens (including phenoxy) is 1. The van der Waals surface area contributed by atoms with Crippen LogP contribution in [0.15, 0.2) is 30.5 Å². The second-order valence-electron chi connectivity index (χ2n) is 6.66. The first-order valence-corrected chi connectivity index (χ1v) is 8.54. The summed E-state index contributed by atoms with van der Waals surface area (Å²) in [6.45, 7) is 2.60. The van der Waals surface area contributed by atoms with E-state index in [1.807, 2.05) is 24.3 Å². The molecule has 0 bridgehead atoms. The average Bonchev–Trinajstić information content (AvgIpc) is 3.27. The van der Waals surface area contributed by atoms with Gasteiger partial charge in [-0.05, 0) is 18.2 Å². The molecule has 0 atom stereocenters. The fraction of sp³-hybridized carbons (Fsp3) is 0.278. The van der Waals surface area contributed by atoms with Crippen LogP contribution in [0, 0.1) is 0 Å². The van der Waals surface area contributed by atoms with E-state index < -0.39 is 0 Å². The van der Waals surface area contributed by atoms with Crippen LogP contribution in [0.4, 0.5) is 5.82 Å². The minimum Gasteiger partial charge on any atom is -0.382 e. The van der Waals surface area contributed by atoms with E-state index in [9.17, 15) is 0 Å². The van der Waals surface area contributed by atoms with Crippen molar-refractivity contribution in [3.8, 4) is 11.3 Å². The van der Waals surface area contributed by atoms with Gasteiger partial charge in [-0.2, -0.15) is 5.10 Å². The number of nitrogen functional groups attached to an aromatic ring is 1. The normalized spacial score (nSPS) is 15.7. The zero-order valence-electron chi connectivity index (χ0n) is 14.4. The second-order valence-corrected chi connectivity index (χ2v) is 6.66. The van der Waals surface area contributed by atoms with Gasteiger partial charge >= 0.3 is 0 Å². The lowest BCUT2D eigenvalue weighted by Gasteiger charge is -2.37. The number of aromatic amines is 2. The maximum atomic E-state index is 6.19. The largest absolute Gasteiger partial charge is 0.382 e. The molecule has 4 N–H and O–H groups in total. The van der Waals surface area contributed by atoms with Gasteiger partial charge in [0.05, 0.1) is 23.9 Å². The summed E-state index contributed by atoms with van der Waals surface area (Å²) < 4.78 is 5.32. The number of nitrogens with one attached hydrogen (secondary N) is 2. The summed E-state index contributed by atoms with van der Waals surface area (Å²) in [6, 6.07) is 8.01. The highest BCUT2D eigenvalue weighted by atomic mass is 16.5. The number of imidazole rings is 1. The summed E-state index contributed by atoms with van der Waals surface area (Å²) in [5.41, 5.74) is 10.6. The third-order valence-electron chi connectivity index (χ3n) is 4.94. The number of anilines is 1. The predicted octanol–water partition coefficient (Wildman–Crippen LogP) is 1.91. The second kappa shape index (κ2) is 5.79. The van der Waals surface area contributed by atoms with Gasteiger partial charge in [0.15, 0.2) is 0 Å². The van der Waals surface area contributed by atoms with Gasteiger partial charge in [-0.3, -0.25) is 10.00 Å². The summed E-state index contributed by atoms with van der Waals surface area (Å²) in [4.78, 5) is 15.0. The molecule has 1 aromatic carbocycles. The van der Waals surface area contributed by atoms with E-state index >= 15 is 0 Å². The van der Waals surface area contributed by atoms with Gasteiger partial charge in [-0.1, -0.05) is 6.07 Å². The van der Waals surface area contributed by atoms with Crippen molar-refractivity contribution < 1.29 is 4.74 Å². The van der Waals surface area contributed by atoms with Crippen LogP contribution in [-0.4, -0.2) is 56.4 Å². The van der Waals surface area contributed by atoms with Crippen molar-refractivity contribution in [3.05, 3.63) is 36.3 Å². The van der Waals surface area contributed by atoms with Gasteiger partial charge in [0, 0.05) is 37.3 Å². The summed E-state index contributed by atoms with van der Waals surface area (Å²) in [7, 11) is 1.75.